The summed E-state index contributed by atoms with van der Waals surface area (Å²) in [6, 6.07) is 13.3. The van der Waals surface area contributed by atoms with Crippen LogP contribution in [0, 0.1) is 5.92 Å². The molecule has 0 aromatic heterocycles. The molecule has 7 nitrogen and oxygen atoms in total. The Bertz CT molecular complexity index is 1090. The summed E-state index contributed by atoms with van der Waals surface area (Å²) >= 11 is 6.06. The molecule has 2 aromatic rings. The molecule has 0 bridgehead atoms. The first-order valence-corrected chi connectivity index (χ1v) is 13.7. The van der Waals surface area contributed by atoms with Gasteiger partial charge in [-0.2, -0.15) is 0 Å². The second-order valence-electron chi connectivity index (χ2n) is 10.7. The van der Waals surface area contributed by atoms with Crippen LogP contribution in [0.15, 0.2) is 42.5 Å². The Kier molecular flexibility index (Phi) is 9.11. The molecule has 2 heterocycles. The van der Waals surface area contributed by atoms with Crippen molar-refractivity contribution in [2.24, 2.45) is 5.92 Å². The molecule has 1 fully saturated rings. The van der Waals surface area contributed by atoms with E-state index in [4.69, 9.17) is 16.3 Å². The number of halogens is 1. The van der Waals surface area contributed by atoms with Crippen LogP contribution >= 0.6 is 11.6 Å². The van der Waals surface area contributed by atoms with Gasteiger partial charge < -0.3 is 20.3 Å². The van der Waals surface area contributed by atoms with E-state index >= 15 is 0 Å². The maximum Gasteiger partial charge on any atom is 0.257 e. The van der Waals surface area contributed by atoms with Crippen LogP contribution in [-0.4, -0.2) is 73.0 Å². The molecule has 2 amide bonds. The van der Waals surface area contributed by atoms with Gasteiger partial charge in [0.25, 0.3) is 11.8 Å². The minimum absolute atomic E-state index is 0.0283. The van der Waals surface area contributed by atoms with E-state index in [-0.39, 0.29) is 35.9 Å². The summed E-state index contributed by atoms with van der Waals surface area (Å²) in [6.45, 7) is 9.91. The average molecular weight is 527 g/mol. The maximum absolute atomic E-state index is 13.6. The van der Waals surface area contributed by atoms with E-state index < -0.39 is 0 Å². The lowest BCUT2D eigenvalue weighted by Gasteiger charge is -2.38. The predicted molar refractivity (Wildman–Crippen MR) is 147 cm³/mol. The predicted octanol–water partition coefficient (Wildman–Crippen LogP) is 4.20. The monoisotopic (exact) mass is 526 g/mol. The van der Waals surface area contributed by atoms with E-state index in [2.05, 4.69) is 29.5 Å². The number of ether oxygens (including phenoxy) is 1. The topological polar surface area (TPSA) is 73.9 Å². The van der Waals surface area contributed by atoms with Crippen molar-refractivity contribution in [2.45, 2.75) is 58.3 Å². The number of carbonyl (C=O) groups excluding carboxylic acids is 2. The van der Waals surface area contributed by atoms with Crippen LogP contribution in [0.3, 0.4) is 0 Å². The number of rotatable bonds is 7. The molecule has 2 aromatic carbocycles. The largest absolute Gasteiger partial charge is 0.487 e. The van der Waals surface area contributed by atoms with Crippen molar-refractivity contribution in [3.05, 3.63) is 64.2 Å². The Morgan fingerprint density at radius 1 is 1.19 bits per heavy atom. The zero-order chi connectivity index (χ0) is 26.5. The molecular weight excluding hydrogens is 488 g/mol. The van der Waals surface area contributed by atoms with E-state index in [9.17, 15) is 9.59 Å². The minimum atomic E-state index is -0.210. The summed E-state index contributed by atoms with van der Waals surface area (Å²) in [4.78, 5) is 31.2. The van der Waals surface area contributed by atoms with Crippen LogP contribution in [0.1, 0.15) is 59.9 Å². The van der Waals surface area contributed by atoms with Crippen LogP contribution in [0.4, 0.5) is 0 Å². The first-order chi connectivity index (χ1) is 17.7. The quantitative estimate of drug-likeness (QED) is 0.565. The number of nitrogens with zero attached hydrogens (tertiary/aromatic N) is 2. The molecule has 2 N–H and O–H groups in total. The van der Waals surface area contributed by atoms with Gasteiger partial charge in [-0.15, -0.1) is 0 Å². The number of hydrogen-bond acceptors (Lipinski definition) is 5. The molecule has 1 saturated heterocycles. The molecule has 0 saturated carbocycles. The maximum atomic E-state index is 13.6. The van der Waals surface area contributed by atoms with Gasteiger partial charge in [-0.3, -0.25) is 14.5 Å². The summed E-state index contributed by atoms with van der Waals surface area (Å²) in [5.41, 5.74) is 2.03. The molecular formula is C29H39ClN4O3. The molecule has 4 rings (SSSR count). The van der Waals surface area contributed by atoms with Crippen LogP contribution in [0.25, 0.3) is 0 Å². The third-order valence-electron chi connectivity index (χ3n) is 7.29. The van der Waals surface area contributed by atoms with E-state index in [1.165, 1.54) is 0 Å². The number of hydrogen-bond donors (Lipinski definition) is 2. The standard InChI is InChI=1S/C29H39ClN4O3/c1-19(2)34-16-20(3)26(18-33(4)17-21-8-10-22(30)11-9-21)37-27-24(6-5-7-25(27)29(34)36)28(35)32-23-12-14-31-15-13-23/h5-11,19-20,23,26,31H,12-18H2,1-4H3,(H,32,35)/t20-,26+/m0/s1. The van der Waals surface area contributed by atoms with Crippen LogP contribution < -0.4 is 15.4 Å². The van der Waals surface area contributed by atoms with Crippen molar-refractivity contribution in [3.8, 4) is 5.75 Å². The highest BCUT2D eigenvalue weighted by atomic mass is 35.5. The Morgan fingerprint density at radius 3 is 2.57 bits per heavy atom. The van der Waals surface area contributed by atoms with Crippen molar-refractivity contribution in [1.29, 1.82) is 0 Å². The van der Waals surface area contributed by atoms with Gasteiger partial charge in [0.05, 0.1) is 11.1 Å². The molecule has 0 radical (unpaired) electrons. The zero-order valence-electron chi connectivity index (χ0n) is 22.3. The van der Waals surface area contributed by atoms with Gasteiger partial charge in [0.15, 0.2) is 0 Å². The molecule has 2 aliphatic rings. The van der Waals surface area contributed by atoms with Gasteiger partial charge in [-0.25, -0.2) is 0 Å². The van der Waals surface area contributed by atoms with Crippen LogP contribution in [-0.2, 0) is 6.54 Å². The number of likely N-dealkylation sites (N-methyl/N-ethyl adjacent to an activating group) is 1. The first-order valence-electron chi connectivity index (χ1n) is 13.3. The number of fused-ring (bicyclic) bond motifs is 1. The molecule has 37 heavy (non-hydrogen) atoms. The fourth-order valence-corrected chi connectivity index (χ4v) is 5.24. The van der Waals surface area contributed by atoms with Crippen LogP contribution in [0.5, 0.6) is 5.75 Å². The van der Waals surface area contributed by atoms with Crippen molar-refractivity contribution >= 4 is 23.4 Å². The zero-order valence-corrected chi connectivity index (χ0v) is 23.1. The third-order valence-corrected chi connectivity index (χ3v) is 7.55. The molecule has 200 valence electrons. The van der Waals surface area contributed by atoms with Gasteiger partial charge in [-0.05, 0) is 76.7 Å². The molecule has 2 aliphatic heterocycles. The van der Waals surface area contributed by atoms with Gasteiger partial charge >= 0.3 is 0 Å². The fourth-order valence-electron chi connectivity index (χ4n) is 5.11. The number of amides is 2. The highest BCUT2D eigenvalue weighted by molar-refractivity contribution is 6.30. The van der Waals surface area contributed by atoms with E-state index in [0.29, 0.717) is 35.0 Å². The first kappa shape index (κ1) is 27.4. The summed E-state index contributed by atoms with van der Waals surface area (Å²) < 4.78 is 6.63. The molecule has 0 unspecified atom stereocenters. The highest BCUT2D eigenvalue weighted by Crippen LogP contribution is 2.32. The number of piperidine rings is 1. The average Bonchev–Trinajstić information content (AvgIpc) is 2.87. The lowest BCUT2D eigenvalue weighted by Crippen LogP contribution is -2.48. The molecule has 2 atom stereocenters. The summed E-state index contributed by atoms with van der Waals surface area (Å²) in [7, 11) is 2.06. The summed E-state index contributed by atoms with van der Waals surface area (Å²) in [5.74, 6) is 0.171. The van der Waals surface area contributed by atoms with Crippen molar-refractivity contribution in [1.82, 2.24) is 20.4 Å². The normalized spacial score (nSPS) is 20.8. The van der Waals surface area contributed by atoms with E-state index in [1.807, 2.05) is 43.0 Å². The van der Waals surface area contributed by atoms with Gasteiger partial charge in [-0.1, -0.05) is 36.7 Å². The second-order valence-corrected chi connectivity index (χ2v) is 11.1. The Labute approximate surface area is 225 Å². The van der Waals surface area contributed by atoms with Gasteiger partial charge in [0.2, 0.25) is 0 Å². The lowest BCUT2D eigenvalue weighted by molar-refractivity contribution is 0.0426. The number of benzene rings is 2. The summed E-state index contributed by atoms with van der Waals surface area (Å²) in [5, 5.41) is 7.21. The smallest absolute Gasteiger partial charge is 0.257 e. The van der Waals surface area contributed by atoms with Crippen LogP contribution in [0.2, 0.25) is 5.02 Å². The van der Waals surface area contributed by atoms with Crippen molar-refractivity contribution in [3.63, 3.8) is 0 Å². The second kappa shape index (κ2) is 12.3. The van der Waals surface area contributed by atoms with E-state index in [1.54, 1.807) is 18.2 Å². The minimum Gasteiger partial charge on any atom is -0.487 e. The lowest BCUT2D eigenvalue weighted by atomic mass is 9.97. The highest BCUT2D eigenvalue weighted by Gasteiger charge is 2.34. The Morgan fingerprint density at radius 2 is 1.89 bits per heavy atom. The number of nitrogens with one attached hydrogen (secondary N) is 2. The number of para-hydroxylation sites is 1. The summed E-state index contributed by atoms with van der Waals surface area (Å²) in [6.07, 6.45) is 1.56. The molecule has 8 heteroatoms. The molecule has 0 aliphatic carbocycles. The van der Waals surface area contributed by atoms with Gasteiger partial charge in [0, 0.05) is 42.7 Å². The fraction of sp³-hybridized carbons (Fsp3) is 0.517. The van der Waals surface area contributed by atoms with Gasteiger partial charge in [0.1, 0.15) is 11.9 Å². The van der Waals surface area contributed by atoms with E-state index in [0.717, 1.165) is 38.0 Å². The SMILES string of the molecule is CC(C)N1C[C@H](C)[C@@H](CN(C)Cc2ccc(Cl)cc2)Oc2c(C(=O)NC3CCNCC3)cccc2C1=O. The molecule has 0 spiro atoms. The third kappa shape index (κ3) is 6.83. The Balaban J connectivity index is 1.62. The Hall–Kier alpha value is -2.61. The number of carbonyl (C=O) groups is 2. The van der Waals surface area contributed by atoms with Crippen molar-refractivity contribution in [2.75, 3.05) is 33.2 Å². The van der Waals surface area contributed by atoms with Crippen molar-refractivity contribution < 1.29 is 14.3 Å².